The van der Waals surface area contributed by atoms with Gasteiger partial charge in [-0.2, -0.15) is 0 Å². The molecule has 0 fully saturated rings. The predicted molar refractivity (Wildman–Crippen MR) is 81.4 cm³/mol. The van der Waals surface area contributed by atoms with E-state index < -0.39 is 0 Å². The Morgan fingerprint density at radius 3 is 2.16 bits per heavy atom. The van der Waals surface area contributed by atoms with Crippen LogP contribution in [0.2, 0.25) is 0 Å². The number of carbonyl (C=O) groups is 1. The molecule has 0 aliphatic carbocycles. The summed E-state index contributed by atoms with van der Waals surface area (Å²) in [6.45, 7) is 9.49. The first kappa shape index (κ1) is 15.7. The monoisotopic (exact) mass is 262 g/mol. The maximum Gasteiger partial charge on any atom is 0.229 e. The van der Waals surface area contributed by atoms with Crippen molar-refractivity contribution in [1.82, 2.24) is 0 Å². The number of nitrogens with two attached hydrogens (primary N) is 1. The third-order valence-electron chi connectivity index (χ3n) is 3.22. The van der Waals surface area contributed by atoms with Gasteiger partial charge in [0.15, 0.2) is 0 Å². The van der Waals surface area contributed by atoms with Crippen LogP contribution < -0.4 is 10.6 Å². The quantitative estimate of drug-likeness (QED) is 0.856. The number of anilines is 1. The van der Waals surface area contributed by atoms with Gasteiger partial charge in [0, 0.05) is 18.2 Å². The molecule has 0 aliphatic rings. The lowest BCUT2D eigenvalue weighted by atomic mass is 10.0. The molecule has 19 heavy (non-hydrogen) atoms. The van der Waals surface area contributed by atoms with Crippen molar-refractivity contribution in [3.05, 3.63) is 29.8 Å². The van der Waals surface area contributed by atoms with Crippen molar-refractivity contribution in [1.29, 1.82) is 0 Å². The summed E-state index contributed by atoms with van der Waals surface area (Å²) in [6.07, 6.45) is 0.824. The summed E-state index contributed by atoms with van der Waals surface area (Å²) in [7, 11) is 0. The second kappa shape index (κ2) is 7.29. The van der Waals surface area contributed by atoms with E-state index in [0.717, 1.165) is 12.1 Å². The van der Waals surface area contributed by atoms with Gasteiger partial charge in [-0.25, -0.2) is 0 Å². The zero-order valence-corrected chi connectivity index (χ0v) is 12.5. The van der Waals surface area contributed by atoms with E-state index in [-0.39, 0.29) is 11.8 Å². The minimum absolute atomic E-state index is 0.00236. The summed E-state index contributed by atoms with van der Waals surface area (Å²) >= 11 is 0. The molecule has 0 spiro atoms. The van der Waals surface area contributed by atoms with Crippen LogP contribution in [0, 0.1) is 5.92 Å². The fraction of sp³-hybridized carbons (Fsp3) is 0.562. The van der Waals surface area contributed by atoms with Crippen LogP contribution in [0.5, 0.6) is 0 Å². The van der Waals surface area contributed by atoms with Crippen LogP contribution in [0.3, 0.4) is 0 Å². The molecule has 0 saturated carbocycles. The third kappa shape index (κ3) is 4.35. The Bertz CT molecular complexity index is 396. The normalized spacial score (nSPS) is 11.1. The van der Waals surface area contributed by atoms with Crippen LogP contribution in [-0.2, 0) is 4.79 Å². The summed E-state index contributed by atoms with van der Waals surface area (Å²) in [5, 5.41) is 0. The predicted octanol–water partition coefficient (Wildman–Crippen LogP) is 3.15. The number of amides is 1. The van der Waals surface area contributed by atoms with Gasteiger partial charge in [-0.15, -0.1) is 0 Å². The van der Waals surface area contributed by atoms with Crippen molar-refractivity contribution in [2.24, 2.45) is 11.7 Å². The van der Waals surface area contributed by atoms with E-state index in [9.17, 15) is 4.79 Å². The molecule has 0 bridgehead atoms. The highest BCUT2D eigenvalue weighted by Crippen LogP contribution is 2.21. The number of nitrogens with zero attached hydrogens (tertiary/aromatic N) is 1. The fourth-order valence-corrected chi connectivity index (χ4v) is 1.97. The maximum absolute atomic E-state index is 12.3. The van der Waals surface area contributed by atoms with E-state index in [4.69, 9.17) is 5.73 Å². The Hall–Kier alpha value is -1.35. The third-order valence-corrected chi connectivity index (χ3v) is 3.22. The first-order chi connectivity index (χ1) is 8.97. The summed E-state index contributed by atoms with van der Waals surface area (Å²) in [5.74, 6) is 0.667. The minimum Gasteiger partial charge on any atom is -0.330 e. The molecule has 0 radical (unpaired) electrons. The van der Waals surface area contributed by atoms with Gasteiger partial charge in [-0.3, -0.25) is 4.79 Å². The number of benzene rings is 1. The molecule has 0 atom stereocenters. The molecule has 1 aromatic carbocycles. The molecule has 0 heterocycles. The first-order valence-electron chi connectivity index (χ1n) is 7.08. The van der Waals surface area contributed by atoms with Crippen LogP contribution in [0.15, 0.2) is 24.3 Å². The van der Waals surface area contributed by atoms with Crippen molar-refractivity contribution in [3.8, 4) is 0 Å². The number of hydrogen-bond acceptors (Lipinski definition) is 2. The van der Waals surface area contributed by atoms with Gasteiger partial charge in [0.2, 0.25) is 5.91 Å². The molecule has 1 amide bonds. The van der Waals surface area contributed by atoms with Gasteiger partial charge in [-0.1, -0.05) is 39.8 Å². The molecule has 0 aromatic heterocycles. The lowest BCUT2D eigenvalue weighted by molar-refractivity contribution is -0.121. The van der Waals surface area contributed by atoms with E-state index in [2.05, 4.69) is 26.0 Å². The Morgan fingerprint density at radius 1 is 1.16 bits per heavy atom. The lowest BCUT2D eigenvalue weighted by Gasteiger charge is -2.25. The highest BCUT2D eigenvalue weighted by molar-refractivity contribution is 5.94. The summed E-state index contributed by atoms with van der Waals surface area (Å²) in [6, 6.07) is 8.27. The zero-order chi connectivity index (χ0) is 14.4. The van der Waals surface area contributed by atoms with Crippen molar-refractivity contribution in [3.63, 3.8) is 0 Å². The average molecular weight is 262 g/mol. The van der Waals surface area contributed by atoms with Crippen LogP contribution >= 0.6 is 0 Å². The van der Waals surface area contributed by atoms with Crippen molar-refractivity contribution < 1.29 is 4.79 Å². The Kier molecular flexibility index (Phi) is 6.03. The van der Waals surface area contributed by atoms with Gasteiger partial charge < -0.3 is 10.6 Å². The molecule has 1 aromatic rings. The molecular weight excluding hydrogens is 236 g/mol. The topological polar surface area (TPSA) is 46.3 Å². The molecular formula is C16H26N2O. The van der Waals surface area contributed by atoms with Gasteiger partial charge in [0.25, 0.3) is 0 Å². The van der Waals surface area contributed by atoms with E-state index >= 15 is 0 Å². The number of hydrogen-bond donors (Lipinski definition) is 1. The number of rotatable bonds is 6. The molecule has 3 heteroatoms. The smallest absolute Gasteiger partial charge is 0.229 e. The van der Waals surface area contributed by atoms with Gasteiger partial charge >= 0.3 is 0 Å². The molecule has 0 aliphatic heterocycles. The van der Waals surface area contributed by atoms with E-state index in [1.807, 2.05) is 30.9 Å². The Morgan fingerprint density at radius 2 is 1.74 bits per heavy atom. The SMILES string of the molecule is CC(C)C(=O)N(CCCN)c1ccc(C(C)C)cc1. The highest BCUT2D eigenvalue weighted by Gasteiger charge is 2.18. The maximum atomic E-state index is 12.3. The van der Waals surface area contributed by atoms with Crippen molar-refractivity contribution >= 4 is 11.6 Å². The standard InChI is InChI=1S/C16H26N2O/c1-12(2)14-6-8-15(9-7-14)18(11-5-10-17)16(19)13(3)4/h6-9,12-13H,5,10-11,17H2,1-4H3. The van der Waals surface area contributed by atoms with Crippen molar-refractivity contribution in [2.45, 2.75) is 40.0 Å². The second-order valence-corrected chi connectivity index (χ2v) is 5.53. The van der Waals surface area contributed by atoms with E-state index in [1.165, 1.54) is 5.56 Å². The van der Waals surface area contributed by atoms with E-state index in [1.54, 1.807) is 0 Å². The summed E-state index contributed by atoms with van der Waals surface area (Å²) in [5.41, 5.74) is 7.82. The average Bonchev–Trinajstić information content (AvgIpc) is 2.39. The fourth-order valence-electron chi connectivity index (χ4n) is 1.97. The van der Waals surface area contributed by atoms with Gasteiger partial charge in [-0.05, 0) is 36.6 Å². The van der Waals surface area contributed by atoms with Gasteiger partial charge in [0.05, 0.1) is 0 Å². The summed E-state index contributed by atoms with van der Waals surface area (Å²) < 4.78 is 0. The molecule has 106 valence electrons. The molecule has 1 rings (SSSR count). The minimum atomic E-state index is 0.00236. The van der Waals surface area contributed by atoms with Crippen LogP contribution in [0.25, 0.3) is 0 Å². The molecule has 3 nitrogen and oxygen atoms in total. The zero-order valence-electron chi connectivity index (χ0n) is 12.5. The Balaban J connectivity index is 2.93. The first-order valence-corrected chi connectivity index (χ1v) is 7.08. The van der Waals surface area contributed by atoms with E-state index in [0.29, 0.717) is 19.0 Å². The molecule has 0 saturated heterocycles. The van der Waals surface area contributed by atoms with Crippen LogP contribution in [0.1, 0.15) is 45.6 Å². The van der Waals surface area contributed by atoms with Gasteiger partial charge in [0.1, 0.15) is 0 Å². The Labute approximate surface area is 116 Å². The molecule has 0 unspecified atom stereocenters. The second-order valence-electron chi connectivity index (χ2n) is 5.53. The number of carbonyl (C=O) groups excluding carboxylic acids is 1. The highest BCUT2D eigenvalue weighted by atomic mass is 16.2. The lowest BCUT2D eigenvalue weighted by Crippen LogP contribution is -2.35. The van der Waals surface area contributed by atoms with Crippen LogP contribution in [0.4, 0.5) is 5.69 Å². The van der Waals surface area contributed by atoms with Crippen molar-refractivity contribution in [2.75, 3.05) is 18.0 Å². The largest absolute Gasteiger partial charge is 0.330 e. The molecule has 2 N–H and O–H groups in total. The van der Waals surface area contributed by atoms with Crippen LogP contribution in [-0.4, -0.2) is 19.0 Å². The summed E-state index contributed by atoms with van der Waals surface area (Å²) in [4.78, 5) is 14.1.